The minimum atomic E-state index is -3.95. The van der Waals surface area contributed by atoms with E-state index in [0.717, 1.165) is 4.90 Å². The molecule has 0 aliphatic carbocycles. The fraction of sp³-hybridized carbons (Fsp3) is 0.600. The first kappa shape index (κ1) is 10.1. The monoisotopic (exact) mass is 207 g/mol. The largest absolute Gasteiger partial charge is 0.283 e. The Morgan fingerprint density at radius 2 is 1.62 bits per heavy atom. The average Bonchev–Trinajstić information content (AvgIpc) is 1.97. The molecule has 1 aliphatic rings. The second-order valence-electron chi connectivity index (χ2n) is 2.66. The zero-order valence-corrected chi connectivity index (χ0v) is 7.74. The second kappa shape index (κ2) is 3.05. The second-order valence-corrected chi connectivity index (χ2v) is 4.21. The maximum atomic E-state index is 11.0. The first-order valence-electron chi connectivity index (χ1n) is 3.39. The van der Waals surface area contributed by atoms with Crippen molar-refractivity contribution in [1.29, 1.82) is 0 Å². The average molecular weight is 207 g/mol. The van der Waals surface area contributed by atoms with Gasteiger partial charge >= 0.3 is 0 Å². The predicted octanol–water partition coefficient (Wildman–Crippen LogP) is -2.51. The van der Waals surface area contributed by atoms with Crippen LogP contribution >= 0.6 is 0 Å². The number of hydrogen-bond donors (Lipinski definition) is 1. The van der Waals surface area contributed by atoms with Crippen molar-refractivity contribution in [3.8, 4) is 0 Å². The van der Waals surface area contributed by atoms with E-state index in [1.54, 1.807) is 0 Å². The van der Waals surface area contributed by atoms with Gasteiger partial charge < -0.3 is 0 Å². The third kappa shape index (κ3) is 2.02. The molecule has 8 heteroatoms. The first-order chi connectivity index (χ1) is 5.82. The lowest BCUT2D eigenvalue weighted by Crippen LogP contribution is -2.55. The van der Waals surface area contributed by atoms with Crippen molar-refractivity contribution in [2.75, 3.05) is 20.1 Å². The van der Waals surface area contributed by atoms with Crippen molar-refractivity contribution in [2.45, 2.75) is 0 Å². The van der Waals surface area contributed by atoms with Gasteiger partial charge in [-0.2, -0.15) is 12.7 Å². The summed E-state index contributed by atoms with van der Waals surface area (Å²) in [6.45, 7) is -0.748. The van der Waals surface area contributed by atoms with Crippen molar-refractivity contribution in [1.82, 2.24) is 9.21 Å². The van der Waals surface area contributed by atoms with E-state index in [9.17, 15) is 18.0 Å². The van der Waals surface area contributed by atoms with E-state index in [-0.39, 0.29) is 13.1 Å². The highest BCUT2D eigenvalue weighted by atomic mass is 32.2. The molecule has 0 radical (unpaired) electrons. The molecule has 0 spiro atoms. The smallest absolute Gasteiger partial charge is 0.277 e. The van der Waals surface area contributed by atoms with E-state index in [1.807, 2.05) is 0 Å². The number of nitrogens with two attached hydrogens (primary N) is 1. The maximum Gasteiger partial charge on any atom is 0.277 e. The summed E-state index contributed by atoms with van der Waals surface area (Å²) in [4.78, 5) is 22.9. The predicted molar refractivity (Wildman–Crippen MR) is 42.5 cm³/mol. The zero-order valence-electron chi connectivity index (χ0n) is 6.93. The van der Waals surface area contributed by atoms with Gasteiger partial charge in [0, 0.05) is 7.05 Å². The first-order valence-corrected chi connectivity index (χ1v) is 4.90. The highest BCUT2D eigenvalue weighted by Gasteiger charge is 2.33. The minimum Gasteiger partial charge on any atom is -0.283 e. The molecule has 2 amide bonds. The quantitative estimate of drug-likeness (QED) is 0.480. The number of piperazine rings is 1. The van der Waals surface area contributed by atoms with Crippen LogP contribution in [0.25, 0.3) is 0 Å². The van der Waals surface area contributed by atoms with Crippen LogP contribution in [0.1, 0.15) is 0 Å². The van der Waals surface area contributed by atoms with Crippen LogP contribution < -0.4 is 5.14 Å². The normalized spacial score (nSPS) is 20.9. The number of rotatable bonds is 1. The van der Waals surface area contributed by atoms with Gasteiger partial charge in [-0.15, -0.1) is 0 Å². The van der Waals surface area contributed by atoms with Crippen molar-refractivity contribution in [3.05, 3.63) is 0 Å². The molecule has 0 aromatic heterocycles. The SMILES string of the molecule is CN1C(=O)CN(S(N)(=O)=O)CC1=O. The molecular formula is C5H9N3O4S. The summed E-state index contributed by atoms with van der Waals surface area (Å²) in [5.74, 6) is -1.16. The van der Waals surface area contributed by atoms with E-state index in [4.69, 9.17) is 5.14 Å². The Labute approximate surface area is 75.3 Å². The van der Waals surface area contributed by atoms with Crippen molar-refractivity contribution in [2.24, 2.45) is 5.14 Å². The molecular weight excluding hydrogens is 198 g/mol. The topological polar surface area (TPSA) is 101 Å². The van der Waals surface area contributed by atoms with E-state index in [2.05, 4.69) is 0 Å². The van der Waals surface area contributed by atoms with Crippen LogP contribution in [-0.4, -0.2) is 49.6 Å². The van der Waals surface area contributed by atoms with Gasteiger partial charge in [-0.05, 0) is 0 Å². The lowest BCUT2D eigenvalue weighted by molar-refractivity contribution is -0.147. The van der Waals surface area contributed by atoms with E-state index in [1.165, 1.54) is 7.05 Å². The molecule has 2 N–H and O–H groups in total. The van der Waals surface area contributed by atoms with Gasteiger partial charge in [-0.1, -0.05) is 0 Å². The molecule has 1 saturated heterocycles. The van der Waals surface area contributed by atoms with Gasteiger partial charge in [-0.25, -0.2) is 5.14 Å². The van der Waals surface area contributed by atoms with Crippen LogP contribution in [0.15, 0.2) is 0 Å². The van der Waals surface area contributed by atoms with Crippen LogP contribution in [0.2, 0.25) is 0 Å². The Balaban J connectivity index is 2.88. The van der Waals surface area contributed by atoms with Gasteiger partial charge in [0.25, 0.3) is 10.2 Å². The van der Waals surface area contributed by atoms with Crippen molar-refractivity contribution >= 4 is 22.0 Å². The zero-order chi connectivity index (χ0) is 10.2. The molecule has 0 atom stereocenters. The van der Waals surface area contributed by atoms with Gasteiger partial charge in [-0.3, -0.25) is 14.5 Å². The summed E-state index contributed by atoms with van der Waals surface area (Å²) in [6, 6.07) is 0. The Morgan fingerprint density at radius 3 is 1.92 bits per heavy atom. The molecule has 0 unspecified atom stereocenters. The molecule has 13 heavy (non-hydrogen) atoms. The molecule has 0 bridgehead atoms. The van der Waals surface area contributed by atoms with Crippen LogP contribution in [0.5, 0.6) is 0 Å². The molecule has 1 aliphatic heterocycles. The third-order valence-corrected chi connectivity index (χ3v) is 2.71. The fourth-order valence-corrected chi connectivity index (χ4v) is 1.47. The minimum absolute atomic E-state index is 0.374. The third-order valence-electron chi connectivity index (χ3n) is 1.73. The fourth-order valence-electron chi connectivity index (χ4n) is 0.889. The number of likely N-dealkylation sites (N-methyl/N-ethyl adjacent to an activating group) is 1. The Morgan fingerprint density at radius 1 is 1.23 bits per heavy atom. The molecule has 0 aromatic rings. The molecule has 7 nitrogen and oxygen atoms in total. The summed E-state index contributed by atoms with van der Waals surface area (Å²) in [7, 11) is -2.65. The lowest BCUT2D eigenvalue weighted by Gasteiger charge is -2.27. The summed E-state index contributed by atoms with van der Waals surface area (Å²) >= 11 is 0. The van der Waals surface area contributed by atoms with Crippen molar-refractivity contribution < 1.29 is 18.0 Å². The lowest BCUT2D eigenvalue weighted by atomic mass is 10.4. The van der Waals surface area contributed by atoms with Gasteiger partial charge in [0.05, 0.1) is 13.1 Å². The van der Waals surface area contributed by atoms with Crippen LogP contribution in [-0.2, 0) is 19.8 Å². The Hall–Kier alpha value is -0.990. The Kier molecular flexibility index (Phi) is 2.37. The summed E-state index contributed by atoms with van der Waals surface area (Å²) in [5.41, 5.74) is 0. The number of hydrogen-bond acceptors (Lipinski definition) is 4. The number of nitrogens with zero attached hydrogens (tertiary/aromatic N) is 2. The maximum absolute atomic E-state index is 11.0. The van der Waals surface area contributed by atoms with Gasteiger partial charge in [0.2, 0.25) is 11.8 Å². The highest BCUT2D eigenvalue weighted by Crippen LogP contribution is 2.04. The van der Waals surface area contributed by atoms with E-state index < -0.39 is 22.0 Å². The van der Waals surface area contributed by atoms with Crippen LogP contribution in [0.4, 0.5) is 0 Å². The molecule has 1 rings (SSSR count). The number of carbonyl (C=O) groups is 2. The molecule has 74 valence electrons. The van der Waals surface area contributed by atoms with Gasteiger partial charge in [0.1, 0.15) is 0 Å². The number of carbonyl (C=O) groups excluding carboxylic acids is 2. The molecule has 0 saturated carbocycles. The molecule has 0 aromatic carbocycles. The van der Waals surface area contributed by atoms with Crippen LogP contribution in [0.3, 0.4) is 0 Å². The standard InChI is InChI=1S/C5H9N3O4S/c1-7-4(9)2-8(3-5(7)10)13(6,11)12/h2-3H2,1H3,(H2,6,11,12). The van der Waals surface area contributed by atoms with E-state index >= 15 is 0 Å². The van der Waals surface area contributed by atoms with Crippen LogP contribution in [0, 0.1) is 0 Å². The molecule has 1 heterocycles. The number of amides is 2. The van der Waals surface area contributed by atoms with Gasteiger partial charge in [0.15, 0.2) is 0 Å². The van der Waals surface area contributed by atoms with E-state index in [0.29, 0.717) is 4.31 Å². The number of imide groups is 1. The molecule has 1 fully saturated rings. The van der Waals surface area contributed by atoms with Crippen molar-refractivity contribution in [3.63, 3.8) is 0 Å². The highest BCUT2D eigenvalue weighted by molar-refractivity contribution is 7.86. The Bertz CT molecular complexity index is 331. The summed E-state index contributed by atoms with van der Waals surface area (Å²) in [5, 5.41) is 4.76. The summed E-state index contributed by atoms with van der Waals surface area (Å²) < 4.78 is 22.2. The summed E-state index contributed by atoms with van der Waals surface area (Å²) in [6.07, 6.45) is 0.